The van der Waals surface area contributed by atoms with Gasteiger partial charge in [-0.3, -0.25) is 4.79 Å². The Balaban J connectivity index is 2.56. The van der Waals surface area contributed by atoms with Gasteiger partial charge in [0, 0.05) is 32.8 Å². The van der Waals surface area contributed by atoms with Gasteiger partial charge in [0.15, 0.2) is 0 Å². The number of ether oxygens (including phenoxy) is 1. The Labute approximate surface area is 168 Å². The third kappa shape index (κ3) is 7.59. The van der Waals surface area contributed by atoms with Crippen molar-refractivity contribution in [3.8, 4) is 0 Å². The first-order chi connectivity index (χ1) is 12.8. The summed E-state index contributed by atoms with van der Waals surface area (Å²) in [7, 11) is 5.43. The van der Waals surface area contributed by atoms with Gasteiger partial charge in [0.25, 0.3) is 0 Å². The van der Waals surface area contributed by atoms with Gasteiger partial charge < -0.3 is 19.4 Å². The van der Waals surface area contributed by atoms with Crippen molar-refractivity contribution in [1.82, 2.24) is 14.9 Å². The molecule has 0 radical (unpaired) electrons. The summed E-state index contributed by atoms with van der Waals surface area (Å²) in [6.07, 6.45) is 3.09. The summed E-state index contributed by atoms with van der Waals surface area (Å²) in [6, 6.07) is -0.655. The molecular weight excluding hydrogens is 362 g/mol. The van der Waals surface area contributed by atoms with Crippen LogP contribution in [0.15, 0.2) is 12.2 Å². The first-order valence-electron chi connectivity index (χ1n) is 9.59. The number of hydrogen-bond acceptors (Lipinski definition) is 7. The van der Waals surface area contributed by atoms with Crippen molar-refractivity contribution in [2.45, 2.75) is 46.3 Å². The smallest absolute Gasteiger partial charge is 0.349 e. The molecule has 28 heavy (non-hydrogen) atoms. The lowest BCUT2D eigenvalue weighted by molar-refractivity contribution is -0.217. The summed E-state index contributed by atoms with van der Waals surface area (Å²) in [5.74, 6) is -1.42. The highest BCUT2D eigenvalue weighted by Gasteiger charge is 2.41. The second kappa shape index (κ2) is 10.0. The van der Waals surface area contributed by atoms with E-state index in [4.69, 9.17) is 9.57 Å². The summed E-state index contributed by atoms with van der Waals surface area (Å²) < 4.78 is 5.47. The number of esters is 1. The maximum absolute atomic E-state index is 12.8. The molecule has 1 amide bonds. The molecule has 0 spiro atoms. The van der Waals surface area contributed by atoms with Crippen LogP contribution in [0.2, 0.25) is 0 Å². The third-order valence-electron chi connectivity index (χ3n) is 4.19. The van der Waals surface area contributed by atoms with Crippen LogP contribution in [-0.4, -0.2) is 85.1 Å². The second-order valence-corrected chi connectivity index (χ2v) is 8.79. The number of hydrogen-bond donors (Lipinski definition) is 0. The SMILES string of the molecule is CC(C)[C@@H](C(=O)OC(C)(C)C)N(C)C(=O)C1CN(OC(=O)/C=C/CN(C)C)C1. The van der Waals surface area contributed by atoms with Gasteiger partial charge in [-0.25, -0.2) is 9.59 Å². The van der Waals surface area contributed by atoms with Crippen LogP contribution in [0.5, 0.6) is 0 Å². The van der Waals surface area contributed by atoms with Crippen LogP contribution < -0.4 is 0 Å². The van der Waals surface area contributed by atoms with Crippen LogP contribution >= 0.6 is 0 Å². The third-order valence-corrected chi connectivity index (χ3v) is 4.19. The molecule has 1 aliphatic heterocycles. The molecule has 0 N–H and O–H groups in total. The van der Waals surface area contributed by atoms with E-state index in [0.717, 1.165) is 0 Å². The molecule has 1 saturated heterocycles. The fourth-order valence-corrected chi connectivity index (χ4v) is 2.85. The van der Waals surface area contributed by atoms with Crippen LogP contribution in [0.25, 0.3) is 0 Å². The quantitative estimate of drug-likeness (QED) is 0.451. The zero-order valence-corrected chi connectivity index (χ0v) is 18.4. The van der Waals surface area contributed by atoms with Crippen molar-refractivity contribution in [3.63, 3.8) is 0 Å². The number of likely N-dealkylation sites (N-methyl/N-ethyl adjacent to an activating group) is 2. The maximum atomic E-state index is 12.8. The minimum atomic E-state index is -0.655. The topological polar surface area (TPSA) is 79.4 Å². The monoisotopic (exact) mass is 397 g/mol. The standard InChI is InChI=1S/C20H35N3O5/c1-14(2)17(19(26)27-20(3,4)5)22(8)18(25)15-12-23(13-15)28-16(24)10-9-11-21(6)7/h9-10,14-15,17H,11-13H2,1-8H3/b10-9+/t17-/m0/s1. The summed E-state index contributed by atoms with van der Waals surface area (Å²) in [6.45, 7) is 10.4. The Morgan fingerprint density at radius 3 is 2.18 bits per heavy atom. The molecule has 0 saturated carbocycles. The largest absolute Gasteiger partial charge is 0.458 e. The lowest BCUT2D eigenvalue weighted by Crippen LogP contribution is -2.57. The molecule has 8 nitrogen and oxygen atoms in total. The predicted octanol–water partition coefficient (Wildman–Crippen LogP) is 1.32. The molecule has 8 heteroatoms. The van der Waals surface area contributed by atoms with E-state index < -0.39 is 23.6 Å². The predicted molar refractivity (Wildman–Crippen MR) is 106 cm³/mol. The van der Waals surface area contributed by atoms with Crippen molar-refractivity contribution in [2.24, 2.45) is 11.8 Å². The number of rotatable bonds is 8. The van der Waals surface area contributed by atoms with Gasteiger partial charge in [0.2, 0.25) is 5.91 Å². The first kappa shape index (κ1) is 24.1. The van der Waals surface area contributed by atoms with E-state index in [1.54, 1.807) is 33.9 Å². The van der Waals surface area contributed by atoms with Crippen molar-refractivity contribution in [2.75, 3.05) is 40.8 Å². The molecule has 160 valence electrons. The van der Waals surface area contributed by atoms with Crippen LogP contribution in [0.3, 0.4) is 0 Å². The highest BCUT2D eigenvalue weighted by atomic mass is 16.7. The molecule has 0 aromatic rings. The lowest BCUT2D eigenvalue weighted by atomic mass is 9.97. The van der Waals surface area contributed by atoms with Gasteiger partial charge in [-0.05, 0) is 40.8 Å². The summed E-state index contributed by atoms with van der Waals surface area (Å²) in [4.78, 5) is 45.6. The highest BCUT2D eigenvalue weighted by Crippen LogP contribution is 2.22. The fraction of sp³-hybridized carbons (Fsp3) is 0.750. The number of amides is 1. The average molecular weight is 398 g/mol. The molecule has 1 fully saturated rings. The van der Waals surface area contributed by atoms with E-state index in [1.165, 1.54) is 16.0 Å². The molecule has 0 unspecified atom stereocenters. The zero-order valence-electron chi connectivity index (χ0n) is 18.4. The van der Waals surface area contributed by atoms with Crippen molar-refractivity contribution in [1.29, 1.82) is 0 Å². The molecule has 1 atom stereocenters. The minimum absolute atomic E-state index is 0.0837. The summed E-state index contributed by atoms with van der Waals surface area (Å²) >= 11 is 0. The Morgan fingerprint density at radius 1 is 1.14 bits per heavy atom. The van der Waals surface area contributed by atoms with Crippen LogP contribution in [-0.2, 0) is 24.0 Å². The van der Waals surface area contributed by atoms with E-state index >= 15 is 0 Å². The van der Waals surface area contributed by atoms with Crippen LogP contribution in [0.1, 0.15) is 34.6 Å². The van der Waals surface area contributed by atoms with Gasteiger partial charge in [-0.15, -0.1) is 5.06 Å². The minimum Gasteiger partial charge on any atom is -0.458 e. The Hall–Kier alpha value is -1.93. The Bertz CT molecular complexity index is 589. The molecule has 0 bridgehead atoms. The number of hydroxylamine groups is 2. The van der Waals surface area contributed by atoms with Crippen molar-refractivity contribution >= 4 is 17.8 Å². The van der Waals surface area contributed by atoms with Gasteiger partial charge in [-0.1, -0.05) is 19.9 Å². The van der Waals surface area contributed by atoms with Gasteiger partial charge in [0.05, 0.1) is 5.92 Å². The second-order valence-electron chi connectivity index (χ2n) is 8.79. The molecule has 0 aromatic heterocycles. The maximum Gasteiger partial charge on any atom is 0.349 e. The Kier molecular flexibility index (Phi) is 8.63. The number of carbonyl (C=O) groups is 3. The van der Waals surface area contributed by atoms with Crippen molar-refractivity contribution < 1.29 is 24.0 Å². The summed E-state index contributed by atoms with van der Waals surface area (Å²) in [5, 5.41) is 1.45. The van der Waals surface area contributed by atoms with E-state index in [1.807, 2.05) is 32.8 Å². The Morgan fingerprint density at radius 2 is 1.71 bits per heavy atom. The number of carbonyl (C=O) groups excluding carboxylic acids is 3. The van der Waals surface area contributed by atoms with E-state index in [-0.39, 0.29) is 17.7 Å². The van der Waals surface area contributed by atoms with Crippen molar-refractivity contribution in [3.05, 3.63) is 12.2 Å². The van der Waals surface area contributed by atoms with E-state index in [0.29, 0.717) is 19.6 Å². The van der Waals surface area contributed by atoms with E-state index in [9.17, 15) is 14.4 Å². The van der Waals surface area contributed by atoms with Crippen LogP contribution in [0, 0.1) is 11.8 Å². The summed E-state index contributed by atoms with van der Waals surface area (Å²) in [5.41, 5.74) is -0.615. The van der Waals surface area contributed by atoms with Crippen LogP contribution in [0.4, 0.5) is 0 Å². The van der Waals surface area contributed by atoms with Gasteiger partial charge in [-0.2, -0.15) is 0 Å². The fourth-order valence-electron chi connectivity index (χ4n) is 2.85. The number of nitrogens with zero attached hydrogens (tertiary/aromatic N) is 3. The molecule has 1 rings (SSSR count). The average Bonchev–Trinajstić information content (AvgIpc) is 2.47. The zero-order chi connectivity index (χ0) is 21.6. The molecule has 0 aromatic carbocycles. The first-order valence-corrected chi connectivity index (χ1v) is 9.59. The van der Waals surface area contributed by atoms with E-state index in [2.05, 4.69) is 0 Å². The molecule has 1 heterocycles. The molecule has 1 aliphatic rings. The lowest BCUT2D eigenvalue weighted by Gasteiger charge is -2.40. The normalized spacial score (nSPS) is 16.9. The molecular formula is C20H35N3O5. The molecule has 0 aliphatic carbocycles. The van der Waals surface area contributed by atoms with Gasteiger partial charge in [0.1, 0.15) is 11.6 Å². The highest BCUT2D eigenvalue weighted by molar-refractivity contribution is 5.87. The van der Waals surface area contributed by atoms with Gasteiger partial charge >= 0.3 is 11.9 Å².